The fourth-order valence-electron chi connectivity index (χ4n) is 4.29. The Bertz CT molecular complexity index is 1120. The Kier molecular flexibility index (Phi) is 5.04. The molecule has 1 aromatic carbocycles. The second kappa shape index (κ2) is 7.85. The van der Waals surface area contributed by atoms with E-state index in [0.717, 1.165) is 30.9 Å². The Labute approximate surface area is 177 Å². The number of hydrogen-bond donors (Lipinski definition) is 0. The molecule has 0 saturated carbocycles. The van der Waals surface area contributed by atoms with Gasteiger partial charge < -0.3 is 9.47 Å². The zero-order valence-electron chi connectivity index (χ0n) is 16.8. The van der Waals surface area contributed by atoms with E-state index in [9.17, 15) is 8.42 Å². The maximum atomic E-state index is 13.2. The lowest BCUT2D eigenvalue weighted by atomic mass is 9.92. The number of hydrogen-bond acceptors (Lipinski definition) is 5. The van der Waals surface area contributed by atoms with Crippen LogP contribution in [0.25, 0.3) is 5.82 Å². The minimum absolute atomic E-state index is 0.424. The molecule has 0 unspecified atom stereocenters. The number of fused-ring (bicyclic) bond motifs is 1. The summed E-state index contributed by atoms with van der Waals surface area (Å²) in [5, 5.41) is 8.63. The molecule has 3 aromatic rings. The topological polar surface area (TPSA) is 71.3 Å². The first kappa shape index (κ1) is 19.3. The van der Waals surface area contributed by atoms with E-state index >= 15 is 0 Å². The van der Waals surface area contributed by atoms with Gasteiger partial charge in [-0.05, 0) is 73.2 Å². The van der Waals surface area contributed by atoms with Crippen LogP contribution in [0.15, 0.2) is 59.8 Å². The summed E-state index contributed by atoms with van der Waals surface area (Å²) >= 11 is 0. The molecule has 5 rings (SSSR count). The van der Waals surface area contributed by atoms with Crippen LogP contribution in [0.2, 0.25) is 0 Å². The van der Waals surface area contributed by atoms with Crippen LogP contribution in [0.4, 0.5) is 5.82 Å². The maximum Gasteiger partial charge on any atom is 0.243 e. The molecule has 2 aromatic heterocycles. The summed E-state index contributed by atoms with van der Waals surface area (Å²) in [7, 11) is -3.47. The number of rotatable bonds is 4. The molecule has 7 nitrogen and oxygen atoms in total. The van der Waals surface area contributed by atoms with Crippen molar-refractivity contribution in [2.75, 3.05) is 31.1 Å². The third kappa shape index (κ3) is 3.61. The van der Waals surface area contributed by atoms with E-state index in [0.29, 0.717) is 31.1 Å². The molecule has 0 N–H and O–H groups in total. The summed E-state index contributed by atoms with van der Waals surface area (Å²) in [6.07, 6.45) is 8.21. The van der Waals surface area contributed by atoms with Crippen molar-refractivity contribution in [3.8, 4) is 5.82 Å². The third-order valence-corrected chi connectivity index (χ3v) is 7.92. The van der Waals surface area contributed by atoms with Gasteiger partial charge in [-0.25, -0.2) is 8.42 Å². The highest BCUT2D eigenvalue weighted by Crippen LogP contribution is 2.26. The van der Waals surface area contributed by atoms with Crippen molar-refractivity contribution < 1.29 is 8.42 Å². The fourth-order valence-corrected chi connectivity index (χ4v) is 5.76. The Morgan fingerprint density at radius 3 is 2.13 bits per heavy atom. The van der Waals surface area contributed by atoms with Crippen LogP contribution in [0.5, 0.6) is 0 Å². The first-order chi connectivity index (χ1) is 14.6. The first-order valence-electron chi connectivity index (χ1n) is 10.5. The molecular formula is C22H25N5O2S. The monoisotopic (exact) mass is 423 g/mol. The van der Waals surface area contributed by atoms with E-state index in [1.165, 1.54) is 17.5 Å². The maximum absolute atomic E-state index is 13.2. The zero-order chi connectivity index (χ0) is 20.6. The Morgan fingerprint density at radius 1 is 0.767 bits per heavy atom. The van der Waals surface area contributed by atoms with Crippen LogP contribution in [-0.4, -0.2) is 53.7 Å². The normalized spacial score (nSPS) is 17.7. The number of anilines is 1. The van der Waals surface area contributed by atoms with Crippen LogP contribution in [0, 0.1) is 0 Å². The molecule has 30 heavy (non-hydrogen) atoms. The molecule has 2 aliphatic rings. The number of piperazine rings is 1. The molecule has 0 bridgehead atoms. The molecule has 0 atom stereocenters. The average molecular weight is 424 g/mol. The van der Waals surface area contributed by atoms with Crippen LogP contribution >= 0.6 is 0 Å². The number of aromatic nitrogens is 3. The average Bonchev–Trinajstić information content (AvgIpc) is 3.34. The molecule has 8 heteroatoms. The Morgan fingerprint density at radius 2 is 1.43 bits per heavy atom. The SMILES string of the molecule is O=S(=O)(c1ccc2c(c1)CCCC2)N1CCN(c2ccc(-n3cccc3)nn2)CC1. The molecule has 0 spiro atoms. The summed E-state index contributed by atoms with van der Waals surface area (Å²) < 4.78 is 29.8. The minimum Gasteiger partial charge on any atom is -0.352 e. The van der Waals surface area contributed by atoms with Gasteiger partial charge in [0, 0.05) is 38.6 Å². The standard InChI is InChI=1S/C22H25N5O2S/c28-30(29,20-8-7-18-5-1-2-6-19(18)17-20)27-15-13-26(14-16-27)22-10-9-21(23-24-22)25-11-3-4-12-25/h3-4,7-12,17H,1-2,5-6,13-16H2. The highest BCUT2D eigenvalue weighted by Gasteiger charge is 2.29. The van der Waals surface area contributed by atoms with Crippen molar-refractivity contribution in [3.63, 3.8) is 0 Å². The van der Waals surface area contributed by atoms with E-state index < -0.39 is 10.0 Å². The second-order valence-corrected chi connectivity index (χ2v) is 9.81. The van der Waals surface area contributed by atoms with Crippen molar-refractivity contribution in [2.45, 2.75) is 30.6 Å². The van der Waals surface area contributed by atoms with Gasteiger partial charge in [0.05, 0.1) is 4.90 Å². The molecule has 0 amide bonds. The second-order valence-electron chi connectivity index (χ2n) is 7.87. The minimum atomic E-state index is -3.47. The Balaban J connectivity index is 1.27. The van der Waals surface area contributed by atoms with Crippen molar-refractivity contribution >= 4 is 15.8 Å². The summed E-state index contributed by atoms with van der Waals surface area (Å²) in [5.41, 5.74) is 2.49. The first-order valence-corrected chi connectivity index (χ1v) is 11.9. The smallest absolute Gasteiger partial charge is 0.243 e. The number of nitrogens with zero attached hydrogens (tertiary/aromatic N) is 5. The van der Waals surface area contributed by atoms with Crippen molar-refractivity contribution in [2.24, 2.45) is 0 Å². The lowest BCUT2D eigenvalue weighted by molar-refractivity contribution is 0.383. The third-order valence-electron chi connectivity index (χ3n) is 6.03. The van der Waals surface area contributed by atoms with Gasteiger partial charge in [0.15, 0.2) is 11.6 Å². The van der Waals surface area contributed by atoms with E-state index in [-0.39, 0.29) is 0 Å². The molecule has 156 valence electrons. The predicted molar refractivity (Wildman–Crippen MR) is 115 cm³/mol. The predicted octanol–water partition coefficient (Wildman–Crippen LogP) is 2.66. The van der Waals surface area contributed by atoms with E-state index in [1.54, 1.807) is 10.4 Å². The molecule has 3 heterocycles. The van der Waals surface area contributed by atoms with Crippen LogP contribution in [0.3, 0.4) is 0 Å². The van der Waals surface area contributed by atoms with Crippen molar-refractivity contribution in [1.29, 1.82) is 0 Å². The lowest BCUT2D eigenvalue weighted by Gasteiger charge is -2.34. The fraction of sp³-hybridized carbons (Fsp3) is 0.364. The quantitative estimate of drug-likeness (QED) is 0.645. The van der Waals surface area contributed by atoms with Crippen LogP contribution in [-0.2, 0) is 22.9 Å². The molecule has 0 radical (unpaired) electrons. The van der Waals surface area contributed by atoms with Gasteiger partial charge in [0.25, 0.3) is 0 Å². The molecule has 1 fully saturated rings. The number of aryl methyl sites for hydroxylation is 2. The van der Waals surface area contributed by atoms with Gasteiger partial charge >= 0.3 is 0 Å². The van der Waals surface area contributed by atoms with E-state index in [1.807, 2.05) is 53.4 Å². The van der Waals surface area contributed by atoms with Crippen LogP contribution in [0.1, 0.15) is 24.0 Å². The molecule has 1 aliphatic carbocycles. The highest BCUT2D eigenvalue weighted by atomic mass is 32.2. The molecule has 1 aliphatic heterocycles. The number of sulfonamides is 1. The van der Waals surface area contributed by atoms with Crippen LogP contribution < -0.4 is 4.90 Å². The van der Waals surface area contributed by atoms with Crippen molar-refractivity contribution in [1.82, 2.24) is 19.1 Å². The van der Waals surface area contributed by atoms with Gasteiger partial charge in [-0.2, -0.15) is 4.31 Å². The number of benzene rings is 1. The Hall–Kier alpha value is -2.71. The highest BCUT2D eigenvalue weighted by molar-refractivity contribution is 7.89. The summed E-state index contributed by atoms with van der Waals surface area (Å²) in [6.45, 7) is 2.09. The molecule has 1 saturated heterocycles. The van der Waals surface area contributed by atoms with Gasteiger partial charge in [0.1, 0.15) is 0 Å². The molecular weight excluding hydrogens is 398 g/mol. The van der Waals surface area contributed by atoms with Gasteiger partial charge in [0.2, 0.25) is 10.0 Å². The van der Waals surface area contributed by atoms with Gasteiger partial charge in [-0.3, -0.25) is 0 Å². The lowest BCUT2D eigenvalue weighted by Crippen LogP contribution is -2.49. The summed E-state index contributed by atoms with van der Waals surface area (Å²) in [4.78, 5) is 2.51. The van der Waals surface area contributed by atoms with E-state index in [2.05, 4.69) is 15.1 Å². The largest absolute Gasteiger partial charge is 0.352 e. The van der Waals surface area contributed by atoms with Gasteiger partial charge in [-0.1, -0.05) is 6.07 Å². The summed E-state index contributed by atoms with van der Waals surface area (Å²) in [6, 6.07) is 13.4. The van der Waals surface area contributed by atoms with Gasteiger partial charge in [-0.15, -0.1) is 10.2 Å². The van der Waals surface area contributed by atoms with Crippen molar-refractivity contribution in [3.05, 3.63) is 66.0 Å². The summed E-state index contributed by atoms with van der Waals surface area (Å²) in [5.74, 6) is 1.54. The van der Waals surface area contributed by atoms with E-state index in [4.69, 9.17) is 0 Å². The zero-order valence-corrected chi connectivity index (χ0v) is 17.6.